The van der Waals surface area contributed by atoms with Crippen LogP contribution in [-0.2, 0) is 11.3 Å². The van der Waals surface area contributed by atoms with Gasteiger partial charge in [-0.2, -0.15) is 0 Å². The van der Waals surface area contributed by atoms with Crippen LogP contribution in [0.5, 0.6) is 5.75 Å². The Kier molecular flexibility index (Phi) is 5.80. The number of benzene rings is 1. The summed E-state index contributed by atoms with van der Waals surface area (Å²) in [6, 6.07) is 10.8. The number of hydrogen-bond donors (Lipinski definition) is 1. The first-order valence-corrected chi connectivity index (χ1v) is 7.31. The van der Waals surface area contributed by atoms with Crippen LogP contribution in [0, 0.1) is 0 Å². The first-order chi connectivity index (χ1) is 11.1. The SMILES string of the molecule is COc1ccccc1CN(CCNC(=O)c1ccco1)C(C)=O. The number of ether oxygens (including phenoxy) is 1. The Morgan fingerprint density at radius 3 is 2.65 bits per heavy atom. The number of amides is 2. The zero-order chi connectivity index (χ0) is 16.7. The molecule has 1 N–H and O–H groups in total. The van der Waals surface area contributed by atoms with Crippen molar-refractivity contribution < 1.29 is 18.7 Å². The number of hydrogen-bond acceptors (Lipinski definition) is 4. The number of para-hydroxylation sites is 1. The van der Waals surface area contributed by atoms with Crippen molar-refractivity contribution in [2.45, 2.75) is 13.5 Å². The minimum atomic E-state index is -0.296. The summed E-state index contributed by atoms with van der Waals surface area (Å²) in [6.07, 6.45) is 1.44. The largest absolute Gasteiger partial charge is 0.496 e. The number of carbonyl (C=O) groups is 2. The van der Waals surface area contributed by atoms with Crippen molar-refractivity contribution in [2.75, 3.05) is 20.2 Å². The highest BCUT2D eigenvalue weighted by atomic mass is 16.5. The Bertz CT molecular complexity index is 652. The third-order valence-electron chi connectivity index (χ3n) is 3.41. The summed E-state index contributed by atoms with van der Waals surface area (Å²) < 4.78 is 10.3. The molecule has 23 heavy (non-hydrogen) atoms. The average Bonchev–Trinajstić information content (AvgIpc) is 3.08. The van der Waals surface area contributed by atoms with Crippen molar-refractivity contribution in [3.8, 4) is 5.75 Å². The molecular formula is C17H20N2O4. The molecule has 0 radical (unpaired) electrons. The second kappa shape index (κ2) is 8.03. The molecule has 1 aromatic heterocycles. The number of nitrogens with zero attached hydrogens (tertiary/aromatic N) is 1. The molecule has 0 aliphatic heterocycles. The van der Waals surface area contributed by atoms with Gasteiger partial charge in [-0.25, -0.2) is 0 Å². The summed E-state index contributed by atoms with van der Waals surface area (Å²) in [6.45, 7) is 2.67. The van der Waals surface area contributed by atoms with E-state index in [9.17, 15) is 9.59 Å². The second-order valence-electron chi connectivity index (χ2n) is 4.99. The van der Waals surface area contributed by atoms with E-state index < -0.39 is 0 Å². The number of rotatable bonds is 7. The fourth-order valence-corrected chi connectivity index (χ4v) is 2.19. The van der Waals surface area contributed by atoms with E-state index in [1.165, 1.54) is 13.2 Å². The van der Waals surface area contributed by atoms with Gasteiger partial charge < -0.3 is 19.4 Å². The molecule has 6 heteroatoms. The third-order valence-corrected chi connectivity index (χ3v) is 3.41. The van der Waals surface area contributed by atoms with Gasteiger partial charge in [-0.3, -0.25) is 9.59 Å². The molecule has 2 rings (SSSR count). The van der Waals surface area contributed by atoms with Gasteiger partial charge in [0.25, 0.3) is 5.91 Å². The predicted molar refractivity (Wildman–Crippen MR) is 85.1 cm³/mol. The molecule has 2 aromatic rings. The Balaban J connectivity index is 1.91. The van der Waals surface area contributed by atoms with Gasteiger partial charge in [0.1, 0.15) is 5.75 Å². The van der Waals surface area contributed by atoms with Crippen LogP contribution in [-0.4, -0.2) is 36.9 Å². The zero-order valence-electron chi connectivity index (χ0n) is 13.2. The molecule has 0 unspecified atom stereocenters. The van der Waals surface area contributed by atoms with E-state index in [1.807, 2.05) is 24.3 Å². The van der Waals surface area contributed by atoms with Crippen molar-refractivity contribution in [1.82, 2.24) is 10.2 Å². The molecule has 0 aliphatic carbocycles. The van der Waals surface area contributed by atoms with Crippen LogP contribution in [0.25, 0.3) is 0 Å². The monoisotopic (exact) mass is 316 g/mol. The Hall–Kier alpha value is -2.76. The van der Waals surface area contributed by atoms with Crippen molar-refractivity contribution >= 4 is 11.8 Å². The van der Waals surface area contributed by atoms with Gasteiger partial charge in [-0.15, -0.1) is 0 Å². The predicted octanol–water partition coefficient (Wildman–Crippen LogP) is 2.07. The summed E-state index contributed by atoms with van der Waals surface area (Å²) in [4.78, 5) is 25.2. The van der Waals surface area contributed by atoms with E-state index in [2.05, 4.69) is 5.32 Å². The Labute approximate surface area is 135 Å². The molecule has 1 heterocycles. The van der Waals surface area contributed by atoms with Crippen LogP contribution in [0.15, 0.2) is 47.1 Å². The number of methoxy groups -OCH3 is 1. The maximum Gasteiger partial charge on any atom is 0.287 e. The molecular weight excluding hydrogens is 296 g/mol. The molecule has 122 valence electrons. The first kappa shape index (κ1) is 16.6. The lowest BCUT2D eigenvalue weighted by Crippen LogP contribution is -2.37. The van der Waals surface area contributed by atoms with Crippen molar-refractivity contribution in [1.29, 1.82) is 0 Å². The highest BCUT2D eigenvalue weighted by Crippen LogP contribution is 2.19. The summed E-state index contributed by atoms with van der Waals surface area (Å²) in [5.74, 6) is 0.626. The quantitative estimate of drug-likeness (QED) is 0.849. The maximum atomic E-state index is 11.8. The highest BCUT2D eigenvalue weighted by Gasteiger charge is 2.13. The summed E-state index contributed by atoms with van der Waals surface area (Å²) >= 11 is 0. The summed E-state index contributed by atoms with van der Waals surface area (Å²) in [7, 11) is 1.60. The lowest BCUT2D eigenvalue weighted by molar-refractivity contribution is -0.129. The zero-order valence-corrected chi connectivity index (χ0v) is 13.2. The van der Waals surface area contributed by atoms with E-state index in [0.717, 1.165) is 11.3 Å². The normalized spacial score (nSPS) is 10.2. The van der Waals surface area contributed by atoms with Crippen LogP contribution < -0.4 is 10.1 Å². The average molecular weight is 316 g/mol. The van der Waals surface area contributed by atoms with Gasteiger partial charge in [0.2, 0.25) is 5.91 Å². The molecule has 0 saturated carbocycles. The van der Waals surface area contributed by atoms with Gasteiger partial charge in [0.05, 0.1) is 13.4 Å². The highest BCUT2D eigenvalue weighted by molar-refractivity contribution is 5.91. The topological polar surface area (TPSA) is 71.8 Å². The lowest BCUT2D eigenvalue weighted by Gasteiger charge is -2.22. The molecule has 0 fully saturated rings. The fourth-order valence-electron chi connectivity index (χ4n) is 2.19. The van der Waals surface area contributed by atoms with E-state index in [4.69, 9.17) is 9.15 Å². The fraction of sp³-hybridized carbons (Fsp3) is 0.294. The maximum absolute atomic E-state index is 11.8. The van der Waals surface area contributed by atoms with Crippen molar-refractivity contribution in [2.24, 2.45) is 0 Å². The third kappa shape index (κ3) is 4.60. The van der Waals surface area contributed by atoms with Crippen LogP contribution in [0.2, 0.25) is 0 Å². The smallest absolute Gasteiger partial charge is 0.287 e. The van der Waals surface area contributed by atoms with Crippen LogP contribution in [0.1, 0.15) is 23.0 Å². The number of furan rings is 1. The molecule has 6 nitrogen and oxygen atoms in total. The molecule has 0 bridgehead atoms. The van der Waals surface area contributed by atoms with Crippen LogP contribution in [0.3, 0.4) is 0 Å². The summed E-state index contributed by atoms with van der Waals surface area (Å²) in [5.41, 5.74) is 0.919. The molecule has 1 aromatic carbocycles. The molecule has 2 amide bonds. The van der Waals surface area contributed by atoms with Crippen molar-refractivity contribution in [3.63, 3.8) is 0 Å². The lowest BCUT2D eigenvalue weighted by atomic mass is 10.2. The summed E-state index contributed by atoms with van der Waals surface area (Å²) in [5, 5.41) is 2.73. The standard InChI is InChI=1S/C17H20N2O4/c1-13(20)19(12-14-6-3-4-7-15(14)22-2)10-9-18-17(21)16-8-5-11-23-16/h3-8,11H,9-10,12H2,1-2H3,(H,18,21). The van der Waals surface area contributed by atoms with E-state index in [0.29, 0.717) is 19.6 Å². The molecule has 0 saturated heterocycles. The van der Waals surface area contributed by atoms with Gasteiger partial charge in [0, 0.05) is 32.1 Å². The molecule has 0 spiro atoms. The Morgan fingerprint density at radius 2 is 2.00 bits per heavy atom. The van der Waals surface area contributed by atoms with Crippen LogP contribution in [0.4, 0.5) is 0 Å². The van der Waals surface area contributed by atoms with Crippen LogP contribution >= 0.6 is 0 Å². The van der Waals surface area contributed by atoms with E-state index in [-0.39, 0.29) is 17.6 Å². The van der Waals surface area contributed by atoms with E-state index in [1.54, 1.807) is 24.1 Å². The van der Waals surface area contributed by atoms with E-state index >= 15 is 0 Å². The van der Waals surface area contributed by atoms with Crippen molar-refractivity contribution in [3.05, 3.63) is 54.0 Å². The second-order valence-corrected chi connectivity index (χ2v) is 4.99. The first-order valence-electron chi connectivity index (χ1n) is 7.31. The van der Waals surface area contributed by atoms with Gasteiger partial charge >= 0.3 is 0 Å². The minimum absolute atomic E-state index is 0.0665. The minimum Gasteiger partial charge on any atom is -0.496 e. The Morgan fingerprint density at radius 1 is 1.22 bits per heavy atom. The van der Waals surface area contributed by atoms with Gasteiger partial charge in [-0.1, -0.05) is 18.2 Å². The number of carbonyl (C=O) groups excluding carboxylic acids is 2. The van der Waals surface area contributed by atoms with Gasteiger partial charge in [0.15, 0.2) is 5.76 Å². The molecule has 0 aliphatic rings. The molecule has 0 atom stereocenters. The van der Waals surface area contributed by atoms with Gasteiger partial charge in [-0.05, 0) is 18.2 Å². The number of nitrogens with one attached hydrogen (secondary N) is 1.